The van der Waals surface area contributed by atoms with Gasteiger partial charge in [0.1, 0.15) is 6.33 Å². The van der Waals surface area contributed by atoms with Crippen LogP contribution in [0.3, 0.4) is 0 Å². The highest BCUT2D eigenvalue weighted by molar-refractivity contribution is 5.67. The van der Waals surface area contributed by atoms with Crippen LogP contribution in [0.2, 0.25) is 0 Å². The van der Waals surface area contributed by atoms with Crippen LogP contribution in [0.5, 0.6) is 0 Å². The van der Waals surface area contributed by atoms with Crippen molar-refractivity contribution in [3.8, 4) is 0 Å². The summed E-state index contributed by atoms with van der Waals surface area (Å²) >= 11 is 0. The maximum absolute atomic E-state index is 12.2. The third kappa shape index (κ3) is 1.62. The second-order valence-corrected chi connectivity index (χ2v) is 4.83. The molecule has 2 heterocycles. The molecule has 0 spiro atoms. The molecule has 7 nitrogen and oxygen atoms in total. The van der Waals surface area contributed by atoms with Crippen LogP contribution in [0.25, 0.3) is 11.2 Å². The summed E-state index contributed by atoms with van der Waals surface area (Å²) < 4.78 is 3.01. The minimum Gasteiger partial charge on any atom is -0.388 e. The summed E-state index contributed by atoms with van der Waals surface area (Å²) in [7, 11) is 0. The van der Waals surface area contributed by atoms with Gasteiger partial charge in [-0.3, -0.25) is 9.36 Å². The Morgan fingerprint density at radius 2 is 2.28 bits per heavy atom. The summed E-state index contributed by atoms with van der Waals surface area (Å²) in [6.45, 7) is 2.82. The fourth-order valence-electron chi connectivity index (χ4n) is 2.27. The van der Waals surface area contributed by atoms with Crippen LogP contribution >= 0.6 is 0 Å². The van der Waals surface area contributed by atoms with Crippen LogP contribution in [0.1, 0.15) is 26.2 Å². The van der Waals surface area contributed by atoms with Crippen molar-refractivity contribution in [3.63, 3.8) is 0 Å². The average Bonchev–Trinajstić information content (AvgIpc) is 2.74. The van der Waals surface area contributed by atoms with E-state index in [1.807, 2.05) is 6.92 Å². The van der Waals surface area contributed by atoms with E-state index in [2.05, 4.69) is 15.3 Å². The fraction of sp³-hybridized carbons (Fsp3) is 0.636. The number of fused-ring (bicyclic) bond motifs is 1. The lowest BCUT2D eigenvalue weighted by Gasteiger charge is -2.36. The van der Waals surface area contributed by atoms with E-state index in [9.17, 15) is 9.90 Å². The molecule has 7 heteroatoms. The van der Waals surface area contributed by atoms with E-state index in [1.54, 1.807) is 4.68 Å². The molecule has 0 aliphatic heterocycles. The van der Waals surface area contributed by atoms with E-state index in [4.69, 9.17) is 0 Å². The smallest absolute Gasteiger partial charge is 0.283 e. The first kappa shape index (κ1) is 11.3. The predicted molar refractivity (Wildman–Crippen MR) is 64.1 cm³/mol. The van der Waals surface area contributed by atoms with Crippen LogP contribution in [0, 0.1) is 0 Å². The molecule has 1 aliphatic carbocycles. The Morgan fingerprint density at radius 3 is 2.89 bits per heavy atom. The van der Waals surface area contributed by atoms with Gasteiger partial charge in [0.25, 0.3) is 5.56 Å². The van der Waals surface area contributed by atoms with Crippen LogP contribution < -0.4 is 5.56 Å². The standard InChI is InChI=1S/C11H15N5O2/c1-2-16-9-8(13-14-16)10(17)15(7-12-9)6-11(18)4-3-5-11/h7,18H,2-6H2,1H3. The molecule has 0 atom stereocenters. The molecule has 0 bridgehead atoms. The van der Waals surface area contributed by atoms with Crippen LogP contribution in [-0.2, 0) is 13.1 Å². The van der Waals surface area contributed by atoms with Crippen LogP contribution in [0.4, 0.5) is 0 Å². The van der Waals surface area contributed by atoms with Gasteiger partial charge in [-0.25, -0.2) is 9.67 Å². The molecular weight excluding hydrogens is 234 g/mol. The van der Waals surface area contributed by atoms with Crippen molar-refractivity contribution in [1.82, 2.24) is 24.5 Å². The topological polar surface area (TPSA) is 85.8 Å². The molecule has 0 aromatic carbocycles. The lowest BCUT2D eigenvalue weighted by atomic mass is 9.80. The van der Waals surface area contributed by atoms with Gasteiger partial charge in [-0.15, -0.1) is 5.10 Å². The van der Waals surface area contributed by atoms with E-state index >= 15 is 0 Å². The predicted octanol–water partition coefficient (Wildman–Crippen LogP) is -0.0771. The average molecular weight is 249 g/mol. The van der Waals surface area contributed by atoms with E-state index in [-0.39, 0.29) is 17.6 Å². The fourth-order valence-corrected chi connectivity index (χ4v) is 2.27. The van der Waals surface area contributed by atoms with Gasteiger partial charge in [0.15, 0.2) is 11.2 Å². The van der Waals surface area contributed by atoms with Crippen molar-refractivity contribution < 1.29 is 5.11 Å². The second kappa shape index (κ2) is 3.88. The molecule has 0 unspecified atom stereocenters. The number of hydrogen-bond acceptors (Lipinski definition) is 5. The monoisotopic (exact) mass is 249 g/mol. The van der Waals surface area contributed by atoms with Crippen molar-refractivity contribution in [2.24, 2.45) is 0 Å². The van der Waals surface area contributed by atoms with Crippen LogP contribution in [-0.4, -0.2) is 35.3 Å². The minimum atomic E-state index is -0.750. The highest BCUT2D eigenvalue weighted by atomic mass is 16.3. The molecule has 0 saturated heterocycles. The molecule has 2 aromatic rings. The number of aryl methyl sites for hydroxylation is 1. The van der Waals surface area contributed by atoms with Gasteiger partial charge >= 0.3 is 0 Å². The highest BCUT2D eigenvalue weighted by Crippen LogP contribution is 2.32. The quantitative estimate of drug-likeness (QED) is 0.822. The second-order valence-electron chi connectivity index (χ2n) is 4.83. The third-order valence-electron chi connectivity index (χ3n) is 3.54. The van der Waals surface area contributed by atoms with E-state index in [1.165, 1.54) is 10.9 Å². The Balaban J connectivity index is 2.04. The maximum Gasteiger partial charge on any atom is 0.283 e. The first-order chi connectivity index (χ1) is 8.63. The number of aliphatic hydroxyl groups is 1. The Labute approximate surface area is 103 Å². The maximum atomic E-state index is 12.2. The number of rotatable bonds is 3. The van der Waals surface area contributed by atoms with E-state index in [0.717, 1.165) is 19.3 Å². The Hall–Kier alpha value is -1.76. The third-order valence-corrected chi connectivity index (χ3v) is 3.54. The lowest BCUT2D eigenvalue weighted by molar-refractivity contribution is -0.0481. The Morgan fingerprint density at radius 1 is 1.50 bits per heavy atom. The normalized spacial score (nSPS) is 17.9. The minimum absolute atomic E-state index is 0.236. The number of nitrogens with zero attached hydrogens (tertiary/aromatic N) is 5. The summed E-state index contributed by atoms with van der Waals surface area (Å²) in [6.07, 6.45) is 3.95. The molecule has 1 aliphatic rings. The zero-order valence-electron chi connectivity index (χ0n) is 10.2. The van der Waals surface area contributed by atoms with Crippen molar-refractivity contribution in [3.05, 3.63) is 16.7 Å². The molecule has 2 aromatic heterocycles. The van der Waals surface area contributed by atoms with Crippen molar-refractivity contribution in [2.45, 2.75) is 44.9 Å². The van der Waals surface area contributed by atoms with Gasteiger partial charge in [0.2, 0.25) is 0 Å². The zero-order chi connectivity index (χ0) is 12.8. The van der Waals surface area contributed by atoms with Crippen molar-refractivity contribution in [1.29, 1.82) is 0 Å². The lowest BCUT2D eigenvalue weighted by Crippen LogP contribution is -2.43. The molecule has 1 fully saturated rings. The molecule has 18 heavy (non-hydrogen) atoms. The van der Waals surface area contributed by atoms with E-state index < -0.39 is 5.60 Å². The molecule has 0 radical (unpaired) electrons. The number of aromatic nitrogens is 5. The summed E-state index contributed by atoms with van der Waals surface area (Å²) in [4.78, 5) is 16.4. The molecular formula is C11H15N5O2. The molecule has 1 N–H and O–H groups in total. The summed E-state index contributed by atoms with van der Waals surface area (Å²) in [5, 5.41) is 17.8. The van der Waals surface area contributed by atoms with Gasteiger partial charge in [0.05, 0.1) is 12.1 Å². The Kier molecular flexibility index (Phi) is 2.44. The van der Waals surface area contributed by atoms with Crippen molar-refractivity contribution in [2.75, 3.05) is 0 Å². The van der Waals surface area contributed by atoms with Crippen LogP contribution in [0.15, 0.2) is 11.1 Å². The molecule has 0 amide bonds. The first-order valence-electron chi connectivity index (χ1n) is 6.14. The Bertz CT molecular complexity index is 640. The van der Waals surface area contributed by atoms with Crippen molar-refractivity contribution >= 4 is 11.2 Å². The SMILES string of the molecule is CCn1nnc2c(=O)n(CC3(O)CCC3)cnc21. The van der Waals surface area contributed by atoms with Gasteiger partial charge in [-0.05, 0) is 26.2 Å². The van der Waals surface area contributed by atoms with Gasteiger partial charge in [-0.1, -0.05) is 5.21 Å². The van der Waals surface area contributed by atoms with E-state index in [0.29, 0.717) is 12.2 Å². The van der Waals surface area contributed by atoms with Gasteiger partial charge < -0.3 is 5.11 Å². The molecule has 1 saturated carbocycles. The van der Waals surface area contributed by atoms with Gasteiger partial charge in [0, 0.05) is 6.54 Å². The first-order valence-corrected chi connectivity index (χ1v) is 6.14. The summed E-state index contributed by atoms with van der Waals surface area (Å²) in [5.74, 6) is 0. The number of hydrogen-bond donors (Lipinski definition) is 1. The zero-order valence-corrected chi connectivity index (χ0v) is 10.2. The molecule has 3 rings (SSSR count). The molecule has 96 valence electrons. The summed E-state index contributed by atoms with van der Waals surface area (Å²) in [5.41, 5.74) is -0.221. The highest BCUT2D eigenvalue weighted by Gasteiger charge is 2.35. The summed E-state index contributed by atoms with van der Waals surface area (Å²) in [6, 6.07) is 0. The largest absolute Gasteiger partial charge is 0.388 e. The van der Waals surface area contributed by atoms with Gasteiger partial charge in [-0.2, -0.15) is 0 Å².